The summed E-state index contributed by atoms with van der Waals surface area (Å²) in [6, 6.07) is 33.7. The lowest BCUT2D eigenvalue weighted by Gasteiger charge is -2.34. The molecular weight excluding hydrogens is 606 g/mol. The molecule has 4 aromatic carbocycles. The zero-order valence-corrected chi connectivity index (χ0v) is 26.8. The maximum Gasteiger partial charge on any atom is 0.256 e. The molecule has 48 heavy (non-hydrogen) atoms. The number of nitrogens with zero attached hydrogens (tertiary/aromatic N) is 3. The lowest BCUT2D eigenvalue weighted by atomic mass is 9.81. The predicted octanol–water partition coefficient (Wildman–Crippen LogP) is 4.82. The van der Waals surface area contributed by atoms with Crippen LogP contribution in [-0.2, 0) is 32.0 Å². The van der Waals surface area contributed by atoms with Crippen molar-refractivity contribution in [3.05, 3.63) is 125 Å². The van der Waals surface area contributed by atoms with Gasteiger partial charge in [0.15, 0.2) is 11.6 Å². The average molecular weight is 646 g/mol. The first-order valence-electron chi connectivity index (χ1n) is 16.5. The number of benzene rings is 4. The Hall–Kier alpha value is -4.99. The van der Waals surface area contributed by atoms with E-state index in [0.29, 0.717) is 69.5 Å². The third-order valence-corrected chi connectivity index (χ3v) is 9.24. The predicted molar refractivity (Wildman–Crippen MR) is 182 cm³/mol. The highest BCUT2D eigenvalue weighted by Gasteiger charge is 2.56. The number of ether oxygens (including phenoxy) is 3. The Kier molecular flexibility index (Phi) is 9.22. The van der Waals surface area contributed by atoms with Crippen LogP contribution in [0.2, 0.25) is 0 Å². The van der Waals surface area contributed by atoms with Crippen molar-refractivity contribution in [3.8, 4) is 16.9 Å². The van der Waals surface area contributed by atoms with Gasteiger partial charge in [0, 0.05) is 44.6 Å². The minimum Gasteiger partial charge on any atom is -0.494 e. The Morgan fingerprint density at radius 2 is 1.52 bits per heavy atom. The molecular formula is C39H39N3O6. The fourth-order valence-corrected chi connectivity index (χ4v) is 6.68. The third-order valence-electron chi connectivity index (χ3n) is 9.24. The number of aliphatic imine (C=N–C) groups is 1. The lowest BCUT2D eigenvalue weighted by Crippen LogP contribution is -2.53. The van der Waals surface area contributed by atoms with Gasteiger partial charge in [0.05, 0.1) is 19.8 Å². The molecule has 0 saturated carbocycles. The van der Waals surface area contributed by atoms with Crippen LogP contribution in [0.1, 0.15) is 34.8 Å². The van der Waals surface area contributed by atoms with E-state index in [4.69, 9.17) is 24.3 Å². The molecule has 1 fully saturated rings. The Labute approximate surface area is 280 Å². The van der Waals surface area contributed by atoms with E-state index in [-0.39, 0.29) is 25.0 Å². The van der Waals surface area contributed by atoms with Gasteiger partial charge in [-0.1, -0.05) is 78.9 Å². The van der Waals surface area contributed by atoms with Crippen molar-refractivity contribution in [2.45, 2.75) is 31.0 Å². The average Bonchev–Trinajstić information content (AvgIpc) is 3.48. The molecule has 1 N–H and O–H groups in total. The van der Waals surface area contributed by atoms with Crippen molar-refractivity contribution in [2.75, 3.05) is 46.1 Å². The Morgan fingerprint density at radius 1 is 0.854 bits per heavy atom. The molecule has 3 aliphatic heterocycles. The zero-order valence-electron chi connectivity index (χ0n) is 26.8. The second-order valence-corrected chi connectivity index (χ2v) is 12.4. The van der Waals surface area contributed by atoms with Crippen LogP contribution in [0.4, 0.5) is 0 Å². The van der Waals surface area contributed by atoms with Gasteiger partial charge < -0.3 is 29.1 Å². The number of hydrogen-bond acceptors (Lipinski definition) is 7. The van der Waals surface area contributed by atoms with E-state index in [1.807, 2.05) is 91.0 Å². The highest BCUT2D eigenvalue weighted by molar-refractivity contribution is 6.02. The summed E-state index contributed by atoms with van der Waals surface area (Å²) in [6.45, 7) is 2.69. The normalized spacial score (nSPS) is 20.6. The summed E-state index contributed by atoms with van der Waals surface area (Å²) < 4.78 is 17.9. The summed E-state index contributed by atoms with van der Waals surface area (Å²) in [4.78, 5) is 37.2. The van der Waals surface area contributed by atoms with Gasteiger partial charge in [-0.3, -0.25) is 9.59 Å². The maximum absolute atomic E-state index is 15.0. The standard InChI is InChI=1S/C39H39N3O6/c43-21-6-22-47-34-17-15-31(16-18-34)37-40-39(36(48-37)30-13-11-29(12-14-30)28-7-2-1-3-8-28)25-32-9-4-5-10-33(32)26-42(38(39)45)27-35(44)41-19-23-46-24-20-41/h1-5,7-18,36,43H,6,19-27H2/t36-,39-/m0/s1. The number of fused-ring (bicyclic) bond motifs is 1. The van der Waals surface area contributed by atoms with Crippen molar-refractivity contribution in [3.63, 3.8) is 0 Å². The van der Waals surface area contributed by atoms with Crippen LogP contribution in [0.15, 0.2) is 108 Å². The fraction of sp³-hybridized carbons (Fsp3) is 0.308. The molecule has 7 rings (SSSR count). The van der Waals surface area contributed by atoms with Crippen LogP contribution >= 0.6 is 0 Å². The van der Waals surface area contributed by atoms with Crippen molar-refractivity contribution in [2.24, 2.45) is 4.99 Å². The van der Waals surface area contributed by atoms with Crippen molar-refractivity contribution < 1.29 is 28.9 Å². The van der Waals surface area contributed by atoms with E-state index in [2.05, 4.69) is 12.1 Å². The number of rotatable bonds is 9. The van der Waals surface area contributed by atoms with Gasteiger partial charge in [-0.25, -0.2) is 4.99 Å². The fourth-order valence-electron chi connectivity index (χ4n) is 6.68. The molecule has 3 heterocycles. The third kappa shape index (κ3) is 6.43. The lowest BCUT2D eigenvalue weighted by molar-refractivity contribution is -0.147. The molecule has 3 aliphatic rings. The van der Waals surface area contributed by atoms with Crippen LogP contribution in [0.25, 0.3) is 11.1 Å². The summed E-state index contributed by atoms with van der Waals surface area (Å²) >= 11 is 0. The van der Waals surface area contributed by atoms with Gasteiger partial charge >= 0.3 is 0 Å². The Balaban J connectivity index is 1.29. The molecule has 0 aromatic heterocycles. The quantitative estimate of drug-likeness (QED) is 0.262. The number of carbonyl (C=O) groups is 2. The molecule has 1 saturated heterocycles. The van der Waals surface area contributed by atoms with Crippen LogP contribution < -0.4 is 4.74 Å². The van der Waals surface area contributed by atoms with Crippen molar-refractivity contribution >= 4 is 17.7 Å². The van der Waals surface area contributed by atoms with Crippen LogP contribution in [-0.4, -0.2) is 84.2 Å². The van der Waals surface area contributed by atoms with Gasteiger partial charge in [-0.15, -0.1) is 0 Å². The summed E-state index contributed by atoms with van der Waals surface area (Å²) in [5, 5.41) is 9.11. The highest BCUT2D eigenvalue weighted by atomic mass is 16.5. The topological polar surface area (TPSA) is 101 Å². The first-order chi connectivity index (χ1) is 23.5. The van der Waals surface area contributed by atoms with Gasteiger partial charge in [-0.2, -0.15) is 0 Å². The zero-order chi connectivity index (χ0) is 32.9. The monoisotopic (exact) mass is 645 g/mol. The maximum atomic E-state index is 15.0. The second-order valence-electron chi connectivity index (χ2n) is 12.4. The Bertz CT molecular complexity index is 1770. The number of amides is 2. The summed E-state index contributed by atoms with van der Waals surface area (Å²) in [5.41, 5.74) is 4.33. The first kappa shape index (κ1) is 31.6. The van der Waals surface area contributed by atoms with E-state index < -0.39 is 11.6 Å². The minimum absolute atomic E-state index is 0.0562. The molecule has 0 radical (unpaired) electrons. The van der Waals surface area contributed by atoms with Crippen LogP contribution in [0.3, 0.4) is 0 Å². The largest absolute Gasteiger partial charge is 0.494 e. The Morgan fingerprint density at radius 3 is 2.25 bits per heavy atom. The van der Waals surface area contributed by atoms with E-state index >= 15 is 4.79 Å². The molecule has 9 heteroatoms. The first-order valence-corrected chi connectivity index (χ1v) is 16.5. The highest BCUT2D eigenvalue weighted by Crippen LogP contribution is 2.45. The molecule has 0 unspecified atom stereocenters. The van der Waals surface area contributed by atoms with Gasteiger partial charge in [-0.05, 0) is 52.1 Å². The van der Waals surface area contributed by atoms with E-state index in [0.717, 1.165) is 27.8 Å². The molecule has 0 bridgehead atoms. The minimum atomic E-state index is -1.35. The van der Waals surface area contributed by atoms with Crippen LogP contribution in [0, 0.1) is 0 Å². The number of hydrogen-bond donors (Lipinski definition) is 1. The summed E-state index contributed by atoms with van der Waals surface area (Å²) in [5.74, 6) is 0.684. The second kappa shape index (κ2) is 14.0. The number of carbonyl (C=O) groups excluding carboxylic acids is 2. The molecule has 246 valence electrons. The van der Waals surface area contributed by atoms with Gasteiger partial charge in [0.2, 0.25) is 11.8 Å². The molecule has 2 atom stereocenters. The van der Waals surface area contributed by atoms with Crippen molar-refractivity contribution in [1.29, 1.82) is 0 Å². The van der Waals surface area contributed by atoms with Crippen molar-refractivity contribution in [1.82, 2.24) is 9.80 Å². The summed E-state index contributed by atoms with van der Waals surface area (Å²) in [7, 11) is 0. The molecule has 0 aliphatic carbocycles. The van der Waals surface area contributed by atoms with E-state index in [9.17, 15) is 4.79 Å². The van der Waals surface area contributed by atoms with E-state index in [1.165, 1.54) is 0 Å². The molecule has 2 amide bonds. The van der Waals surface area contributed by atoms with E-state index in [1.54, 1.807) is 9.80 Å². The summed E-state index contributed by atoms with van der Waals surface area (Å²) in [6.07, 6.45) is 0.123. The number of aliphatic hydroxyl groups excluding tert-OH is 1. The smallest absolute Gasteiger partial charge is 0.256 e. The molecule has 1 spiro atoms. The van der Waals surface area contributed by atoms with Crippen LogP contribution in [0.5, 0.6) is 5.75 Å². The SMILES string of the molecule is O=C(CN1Cc2ccccc2C[C@@]2(N=C(c3ccc(OCCCO)cc3)O[C@H]2c2ccc(-c3ccccc3)cc2)C1=O)N1CCOCC1. The molecule has 9 nitrogen and oxygen atoms in total. The number of morpholine rings is 1. The number of aliphatic hydroxyl groups is 1. The van der Waals surface area contributed by atoms with Gasteiger partial charge in [0.1, 0.15) is 12.3 Å². The molecule has 4 aromatic rings. The van der Waals surface area contributed by atoms with Gasteiger partial charge in [0.25, 0.3) is 5.91 Å².